The summed E-state index contributed by atoms with van der Waals surface area (Å²) < 4.78 is 1.16. The average molecular weight is 350 g/mol. The molecular weight excluding hydrogens is 341 g/mol. The molecule has 0 bridgehead atoms. The molecule has 2 aromatic heterocycles. The van der Waals surface area contributed by atoms with Crippen molar-refractivity contribution in [2.45, 2.75) is 0 Å². The maximum atomic E-state index is 12.4. The minimum absolute atomic E-state index is 0.208. The number of halogens is 2. The van der Waals surface area contributed by atoms with Gasteiger partial charge in [-0.15, -0.1) is 0 Å². The van der Waals surface area contributed by atoms with Crippen molar-refractivity contribution in [3.8, 4) is 5.88 Å². The lowest BCUT2D eigenvalue weighted by molar-refractivity contribution is 0.102. The van der Waals surface area contributed by atoms with Gasteiger partial charge in [0.2, 0.25) is 5.88 Å². The third kappa shape index (κ3) is 2.86. The highest BCUT2D eigenvalue weighted by Crippen LogP contribution is 2.26. The first-order valence-corrected chi connectivity index (χ1v) is 7.20. The van der Waals surface area contributed by atoms with Gasteiger partial charge in [-0.3, -0.25) is 14.0 Å². The predicted molar refractivity (Wildman–Crippen MR) is 87.5 cm³/mol. The Morgan fingerprint density at radius 3 is 2.74 bits per heavy atom. The number of anilines is 1. The summed E-state index contributed by atoms with van der Waals surface area (Å²) in [6, 6.07) is 9.29. The number of hydrogen-bond acceptors (Lipinski definition) is 4. The zero-order valence-corrected chi connectivity index (χ0v) is 13.0. The van der Waals surface area contributed by atoms with Crippen LogP contribution < -0.4 is 10.9 Å². The van der Waals surface area contributed by atoms with Gasteiger partial charge in [0.25, 0.3) is 11.5 Å². The largest absolute Gasteiger partial charge is 0.493 e. The first-order chi connectivity index (χ1) is 11.0. The highest BCUT2D eigenvalue weighted by atomic mass is 35.5. The number of amides is 1. The Bertz CT molecular complexity index is 985. The van der Waals surface area contributed by atoms with Gasteiger partial charge in [-0.2, -0.15) is 4.98 Å². The van der Waals surface area contributed by atoms with E-state index in [1.807, 2.05) is 0 Å². The van der Waals surface area contributed by atoms with Gasteiger partial charge < -0.3 is 10.4 Å². The van der Waals surface area contributed by atoms with Crippen LogP contribution in [0.25, 0.3) is 5.65 Å². The third-order valence-corrected chi connectivity index (χ3v) is 3.67. The highest BCUT2D eigenvalue weighted by molar-refractivity contribution is 6.36. The topological polar surface area (TPSA) is 83.7 Å². The number of hydrogen-bond donors (Lipinski definition) is 2. The lowest BCUT2D eigenvalue weighted by Crippen LogP contribution is -2.27. The Kier molecular flexibility index (Phi) is 3.94. The smallest absolute Gasteiger partial charge is 0.274 e. The fourth-order valence-electron chi connectivity index (χ4n) is 2.05. The van der Waals surface area contributed by atoms with Crippen LogP contribution in [-0.4, -0.2) is 20.4 Å². The van der Waals surface area contributed by atoms with E-state index in [-0.39, 0.29) is 16.4 Å². The van der Waals surface area contributed by atoms with Crippen LogP contribution >= 0.6 is 23.2 Å². The second kappa shape index (κ2) is 5.91. The van der Waals surface area contributed by atoms with Crippen molar-refractivity contribution in [2.75, 3.05) is 5.32 Å². The molecule has 0 fully saturated rings. The van der Waals surface area contributed by atoms with E-state index < -0.39 is 22.9 Å². The standard InChI is InChI=1S/C15H9Cl2N3O3/c16-8-4-5-10(9(17)7-8)18-13(21)12-14(22)19-11-3-1-2-6-20(11)15(12)23/h1-7,22H,(H,18,21). The quantitative estimate of drug-likeness (QED) is 0.744. The van der Waals surface area contributed by atoms with Crippen LogP contribution in [0.15, 0.2) is 47.4 Å². The van der Waals surface area contributed by atoms with E-state index in [1.54, 1.807) is 18.2 Å². The van der Waals surface area contributed by atoms with Gasteiger partial charge in [-0.1, -0.05) is 29.3 Å². The number of fused-ring (bicyclic) bond motifs is 1. The maximum absolute atomic E-state index is 12.4. The van der Waals surface area contributed by atoms with Crippen LogP contribution in [-0.2, 0) is 0 Å². The molecule has 3 rings (SSSR count). The summed E-state index contributed by atoms with van der Waals surface area (Å²) in [4.78, 5) is 28.5. The molecule has 0 aliphatic carbocycles. The molecule has 2 N–H and O–H groups in total. The van der Waals surface area contributed by atoms with Gasteiger partial charge in [-0.05, 0) is 30.3 Å². The molecule has 0 saturated carbocycles. The molecule has 8 heteroatoms. The van der Waals surface area contributed by atoms with Crippen molar-refractivity contribution < 1.29 is 9.90 Å². The number of nitrogens with one attached hydrogen (secondary N) is 1. The summed E-state index contributed by atoms with van der Waals surface area (Å²) in [5.41, 5.74) is -0.662. The van der Waals surface area contributed by atoms with Gasteiger partial charge >= 0.3 is 0 Å². The van der Waals surface area contributed by atoms with Gasteiger partial charge in [0.05, 0.1) is 10.7 Å². The summed E-state index contributed by atoms with van der Waals surface area (Å²) in [5, 5.41) is 13.0. The monoisotopic (exact) mass is 349 g/mol. The Morgan fingerprint density at radius 1 is 1.22 bits per heavy atom. The van der Waals surface area contributed by atoms with Crippen LogP contribution in [0.3, 0.4) is 0 Å². The number of carbonyl (C=O) groups excluding carboxylic acids is 1. The van der Waals surface area contributed by atoms with Crippen molar-refractivity contribution in [3.05, 3.63) is 68.6 Å². The molecule has 0 unspecified atom stereocenters. The van der Waals surface area contributed by atoms with E-state index in [9.17, 15) is 14.7 Å². The summed E-state index contributed by atoms with van der Waals surface area (Å²) in [5.74, 6) is -1.47. The lowest BCUT2D eigenvalue weighted by Gasteiger charge is -2.09. The Balaban J connectivity index is 2.06. The molecule has 0 atom stereocenters. The molecule has 23 heavy (non-hydrogen) atoms. The van der Waals surface area contributed by atoms with E-state index >= 15 is 0 Å². The van der Waals surface area contributed by atoms with Gasteiger partial charge in [0.15, 0.2) is 5.56 Å². The Labute approximate surface area is 139 Å². The number of pyridine rings is 1. The Hall–Kier alpha value is -2.57. The predicted octanol–water partition coefficient (Wildman–Crippen LogP) is 2.96. The van der Waals surface area contributed by atoms with Crippen LogP contribution in [0.1, 0.15) is 10.4 Å². The average Bonchev–Trinajstić information content (AvgIpc) is 2.50. The minimum atomic E-state index is -0.817. The number of benzene rings is 1. The van der Waals surface area contributed by atoms with Crippen LogP contribution in [0.2, 0.25) is 10.0 Å². The third-order valence-electron chi connectivity index (χ3n) is 3.12. The van der Waals surface area contributed by atoms with E-state index in [0.717, 1.165) is 4.40 Å². The molecule has 1 aromatic carbocycles. The maximum Gasteiger partial charge on any atom is 0.274 e. The van der Waals surface area contributed by atoms with E-state index in [4.69, 9.17) is 23.2 Å². The van der Waals surface area contributed by atoms with Crippen molar-refractivity contribution in [2.24, 2.45) is 0 Å². The summed E-state index contributed by atoms with van der Waals surface area (Å²) in [6.07, 6.45) is 1.45. The highest BCUT2D eigenvalue weighted by Gasteiger charge is 2.20. The summed E-state index contributed by atoms with van der Waals surface area (Å²) >= 11 is 11.8. The molecule has 3 aromatic rings. The second-order valence-corrected chi connectivity index (χ2v) is 5.47. The fraction of sp³-hybridized carbons (Fsp3) is 0. The van der Waals surface area contributed by atoms with E-state index in [1.165, 1.54) is 24.4 Å². The molecule has 0 saturated heterocycles. The van der Waals surface area contributed by atoms with E-state index in [2.05, 4.69) is 10.3 Å². The second-order valence-electron chi connectivity index (χ2n) is 4.62. The zero-order chi connectivity index (χ0) is 16.6. The molecule has 6 nitrogen and oxygen atoms in total. The van der Waals surface area contributed by atoms with Gasteiger partial charge in [-0.25, -0.2) is 0 Å². The SMILES string of the molecule is O=C(Nc1ccc(Cl)cc1Cl)c1c(O)nc2ccccn2c1=O. The molecule has 0 aliphatic heterocycles. The van der Waals surface area contributed by atoms with Crippen LogP contribution in [0, 0.1) is 0 Å². The van der Waals surface area contributed by atoms with Gasteiger partial charge in [0, 0.05) is 11.2 Å². The fourth-order valence-corrected chi connectivity index (χ4v) is 2.51. The number of aromatic nitrogens is 2. The van der Waals surface area contributed by atoms with Crippen LogP contribution in [0.5, 0.6) is 5.88 Å². The molecule has 0 radical (unpaired) electrons. The van der Waals surface area contributed by atoms with E-state index in [0.29, 0.717) is 5.02 Å². The van der Waals surface area contributed by atoms with Crippen molar-refractivity contribution >= 4 is 40.4 Å². The van der Waals surface area contributed by atoms with Crippen molar-refractivity contribution in [3.63, 3.8) is 0 Å². The number of aromatic hydroxyl groups is 1. The zero-order valence-electron chi connectivity index (χ0n) is 11.5. The molecule has 1 amide bonds. The van der Waals surface area contributed by atoms with Crippen LogP contribution in [0.4, 0.5) is 5.69 Å². The summed E-state index contributed by atoms with van der Waals surface area (Å²) in [6.45, 7) is 0. The number of rotatable bonds is 2. The van der Waals surface area contributed by atoms with Gasteiger partial charge in [0.1, 0.15) is 5.65 Å². The summed E-state index contributed by atoms with van der Waals surface area (Å²) in [7, 11) is 0. The first-order valence-electron chi connectivity index (χ1n) is 6.44. The lowest BCUT2D eigenvalue weighted by atomic mass is 10.2. The minimum Gasteiger partial charge on any atom is -0.493 e. The number of nitrogens with zero attached hydrogens (tertiary/aromatic N) is 2. The molecule has 2 heterocycles. The van der Waals surface area contributed by atoms with Crippen molar-refractivity contribution in [1.29, 1.82) is 0 Å². The molecule has 0 aliphatic rings. The first kappa shape index (κ1) is 15.3. The molecule has 116 valence electrons. The normalized spacial score (nSPS) is 10.7. The molecular formula is C15H9Cl2N3O3. The molecule has 0 spiro atoms. The number of carbonyl (C=O) groups is 1. The Morgan fingerprint density at radius 2 is 2.00 bits per heavy atom. The van der Waals surface area contributed by atoms with Crippen molar-refractivity contribution in [1.82, 2.24) is 9.38 Å².